The molecule has 6 nitrogen and oxygen atoms in total. The van der Waals surface area contributed by atoms with Crippen LogP contribution >= 0.6 is 11.8 Å². The molecule has 0 spiro atoms. The van der Waals surface area contributed by atoms with E-state index >= 15 is 0 Å². The zero-order chi connectivity index (χ0) is 22.1. The number of carboxylic acid groups (broad SMARTS) is 1. The van der Waals surface area contributed by atoms with Crippen LogP contribution in [0.5, 0.6) is 0 Å². The number of para-hydroxylation sites is 2. The number of benzene rings is 2. The van der Waals surface area contributed by atoms with E-state index in [1.54, 1.807) is 12.1 Å². The number of hydrogen-bond acceptors (Lipinski definition) is 5. The zero-order valence-corrected chi connectivity index (χ0v) is 16.5. The smallest absolute Gasteiger partial charge is 0.418 e. The molecule has 0 aromatic heterocycles. The highest BCUT2D eigenvalue weighted by Gasteiger charge is 2.53. The van der Waals surface area contributed by atoms with Gasteiger partial charge in [0.05, 0.1) is 17.7 Å². The Bertz CT molecular complexity index is 1010. The Labute approximate surface area is 174 Å². The molecule has 1 atom stereocenters. The summed E-state index contributed by atoms with van der Waals surface area (Å²) in [4.78, 5) is 35.6. The third-order valence-corrected chi connectivity index (χ3v) is 5.86. The van der Waals surface area contributed by atoms with Crippen LogP contribution in [-0.2, 0) is 25.4 Å². The number of amides is 2. The van der Waals surface area contributed by atoms with Gasteiger partial charge in [-0.05, 0) is 18.2 Å². The van der Waals surface area contributed by atoms with E-state index in [1.807, 2.05) is 0 Å². The topological polar surface area (TPSA) is 86.7 Å². The number of aliphatic carboxylic acids is 1. The van der Waals surface area contributed by atoms with Gasteiger partial charge in [-0.3, -0.25) is 14.4 Å². The molecule has 0 radical (unpaired) electrons. The first-order valence-electron chi connectivity index (χ1n) is 8.82. The van der Waals surface area contributed by atoms with Crippen molar-refractivity contribution in [2.75, 3.05) is 16.0 Å². The fourth-order valence-corrected chi connectivity index (χ4v) is 4.59. The maximum absolute atomic E-state index is 13.5. The van der Waals surface area contributed by atoms with Crippen molar-refractivity contribution in [3.63, 3.8) is 0 Å². The molecule has 2 amide bonds. The van der Waals surface area contributed by atoms with E-state index in [-0.39, 0.29) is 29.1 Å². The lowest BCUT2D eigenvalue weighted by molar-refractivity contribution is -0.137. The zero-order valence-electron chi connectivity index (χ0n) is 15.7. The van der Waals surface area contributed by atoms with Crippen LogP contribution < -0.4 is 10.2 Å². The Hall–Kier alpha value is -3.01. The predicted molar refractivity (Wildman–Crippen MR) is 106 cm³/mol. The molecule has 30 heavy (non-hydrogen) atoms. The lowest BCUT2D eigenvalue weighted by atomic mass is 10.1. The number of fused-ring (bicyclic) bond motifs is 1. The summed E-state index contributed by atoms with van der Waals surface area (Å²) < 4.78 is 40.6. The minimum atomic E-state index is -4.68. The van der Waals surface area contributed by atoms with Gasteiger partial charge in [0.15, 0.2) is 4.87 Å². The van der Waals surface area contributed by atoms with Gasteiger partial charge in [0.1, 0.15) is 0 Å². The Morgan fingerprint density at radius 3 is 2.40 bits per heavy atom. The third kappa shape index (κ3) is 3.87. The van der Waals surface area contributed by atoms with Gasteiger partial charge in [0, 0.05) is 23.9 Å². The highest BCUT2D eigenvalue weighted by atomic mass is 32.2. The van der Waals surface area contributed by atoms with E-state index in [0.717, 1.165) is 22.7 Å². The highest BCUT2D eigenvalue weighted by Crippen LogP contribution is 2.50. The standard InChI is InChI=1S/C20H17F3N2O4S/c1-12(26)25-16-9-5-3-7-14(16)19(18(25)29,30-11-10-17(27)28)24-15-8-4-2-6-13(15)20(21,22)23/h2-9,24H,10-11H2,1H3,(H,27,28). The molecule has 1 aliphatic heterocycles. The molecular weight excluding hydrogens is 421 g/mol. The van der Waals surface area contributed by atoms with E-state index in [9.17, 15) is 27.6 Å². The summed E-state index contributed by atoms with van der Waals surface area (Å²) >= 11 is 0.843. The first-order chi connectivity index (χ1) is 14.1. The number of halogens is 3. The molecule has 0 fully saturated rings. The molecule has 0 saturated heterocycles. The fraction of sp³-hybridized carbons (Fsp3) is 0.250. The molecule has 1 unspecified atom stereocenters. The molecule has 2 N–H and O–H groups in total. The minimum absolute atomic E-state index is 0.0671. The summed E-state index contributed by atoms with van der Waals surface area (Å²) in [5.74, 6) is -2.55. The van der Waals surface area contributed by atoms with Crippen LogP contribution in [0.2, 0.25) is 0 Å². The molecule has 158 valence electrons. The summed E-state index contributed by atoms with van der Waals surface area (Å²) in [6, 6.07) is 10.9. The summed E-state index contributed by atoms with van der Waals surface area (Å²) in [7, 11) is 0. The van der Waals surface area contributed by atoms with Gasteiger partial charge >= 0.3 is 12.1 Å². The number of rotatable bonds is 6. The Kier molecular flexibility index (Phi) is 5.80. The van der Waals surface area contributed by atoms with Crippen LogP contribution in [0.3, 0.4) is 0 Å². The lowest BCUT2D eigenvalue weighted by Crippen LogP contribution is -2.45. The third-order valence-electron chi connectivity index (χ3n) is 4.52. The van der Waals surface area contributed by atoms with Crippen LogP contribution in [-0.4, -0.2) is 28.6 Å². The summed E-state index contributed by atoms with van der Waals surface area (Å²) in [6.07, 6.45) is -5.00. The monoisotopic (exact) mass is 438 g/mol. The molecule has 0 bridgehead atoms. The van der Waals surface area contributed by atoms with Crippen molar-refractivity contribution in [3.05, 3.63) is 59.7 Å². The molecule has 3 rings (SSSR count). The Morgan fingerprint density at radius 2 is 1.77 bits per heavy atom. The number of carboxylic acids is 1. The van der Waals surface area contributed by atoms with Gasteiger partial charge in [-0.1, -0.05) is 30.3 Å². The minimum Gasteiger partial charge on any atom is -0.481 e. The van der Waals surface area contributed by atoms with Crippen LogP contribution in [0.25, 0.3) is 0 Å². The van der Waals surface area contributed by atoms with Crippen LogP contribution in [0.1, 0.15) is 24.5 Å². The molecule has 1 aliphatic rings. The second kappa shape index (κ2) is 8.02. The number of carbonyl (C=O) groups is 3. The van der Waals surface area contributed by atoms with Crippen LogP contribution in [0.4, 0.5) is 24.5 Å². The first kappa shape index (κ1) is 21.7. The van der Waals surface area contributed by atoms with Crippen molar-refractivity contribution in [2.45, 2.75) is 24.4 Å². The van der Waals surface area contributed by atoms with E-state index in [2.05, 4.69) is 5.32 Å². The van der Waals surface area contributed by atoms with E-state index in [0.29, 0.717) is 0 Å². The van der Waals surface area contributed by atoms with Gasteiger partial charge in [0.2, 0.25) is 5.91 Å². The summed E-state index contributed by atoms with van der Waals surface area (Å²) in [5.41, 5.74) is -0.788. The second-order valence-electron chi connectivity index (χ2n) is 6.52. The second-order valence-corrected chi connectivity index (χ2v) is 7.83. The van der Waals surface area contributed by atoms with Crippen molar-refractivity contribution >= 4 is 40.9 Å². The average Bonchev–Trinajstić information content (AvgIpc) is 2.90. The van der Waals surface area contributed by atoms with Crippen molar-refractivity contribution in [2.24, 2.45) is 0 Å². The maximum atomic E-state index is 13.5. The number of imide groups is 1. The molecule has 2 aromatic rings. The Morgan fingerprint density at radius 1 is 1.13 bits per heavy atom. The van der Waals surface area contributed by atoms with Crippen LogP contribution in [0, 0.1) is 0 Å². The number of anilines is 2. The van der Waals surface area contributed by atoms with Gasteiger partial charge in [-0.25, -0.2) is 4.90 Å². The Balaban J connectivity index is 2.16. The van der Waals surface area contributed by atoms with Crippen molar-refractivity contribution in [1.82, 2.24) is 0 Å². The van der Waals surface area contributed by atoms with Gasteiger partial charge in [-0.2, -0.15) is 13.2 Å². The lowest BCUT2D eigenvalue weighted by Gasteiger charge is -2.31. The molecule has 0 saturated carbocycles. The molecule has 1 heterocycles. The van der Waals surface area contributed by atoms with E-state index in [1.165, 1.54) is 37.3 Å². The largest absolute Gasteiger partial charge is 0.481 e. The fourth-order valence-electron chi connectivity index (χ4n) is 3.28. The van der Waals surface area contributed by atoms with Crippen molar-refractivity contribution < 1.29 is 32.7 Å². The number of thioether (sulfide) groups is 1. The molecular formula is C20H17F3N2O4S. The normalized spacial score (nSPS) is 18.3. The maximum Gasteiger partial charge on any atom is 0.418 e. The SMILES string of the molecule is CC(=O)N1C(=O)C(Nc2ccccc2C(F)(F)F)(SCCC(=O)O)c2ccccc21. The van der Waals surface area contributed by atoms with Gasteiger partial charge in [-0.15, -0.1) is 11.8 Å². The van der Waals surface area contributed by atoms with Crippen molar-refractivity contribution in [3.8, 4) is 0 Å². The highest BCUT2D eigenvalue weighted by molar-refractivity contribution is 8.01. The molecule has 0 aliphatic carbocycles. The molecule has 10 heteroatoms. The van der Waals surface area contributed by atoms with Gasteiger partial charge < -0.3 is 10.4 Å². The summed E-state index contributed by atoms with van der Waals surface area (Å²) in [5, 5.41) is 11.7. The number of carbonyl (C=O) groups excluding carboxylic acids is 2. The molecule has 2 aromatic carbocycles. The van der Waals surface area contributed by atoms with E-state index < -0.39 is 34.4 Å². The number of alkyl halides is 3. The quantitative estimate of drug-likeness (QED) is 0.662. The number of hydrogen-bond donors (Lipinski definition) is 2. The van der Waals surface area contributed by atoms with E-state index in [4.69, 9.17) is 5.11 Å². The summed E-state index contributed by atoms with van der Waals surface area (Å²) in [6.45, 7) is 1.18. The average molecular weight is 438 g/mol. The predicted octanol–water partition coefficient (Wildman–Crippen LogP) is 4.07. The number of nitrogens with one attached hydrogen (secondary N) is 1. The van der Waals surface area contributed by atoms with Gasteiger partial charge in [0.25, 0.3) is 5.91 Å². The first-order valence-corrected chi connectivity index (χ1v) is 9.81. The van der Waals surface area contributed by atoms with Crippen molar-refractivity contribution in [1.29, 1.82) is 0 Å². The van der Waals surface area contributed by atoms with Crippen LogP contribution in [0.15, 0.2) is 48.5 Å². The number of nitrogens with zero attached hydrogens (tertiary/aromatic N) is 1.